The van der Waals surface area contributed by atoms with Gasteiger partial charge in [-0.3, -0.25) is 0 Å². The molecule has 12 rings (SSSR count). The number of aromatic nitrogens is 1. The van der Waals surface area contributed by atoms with Crippen molar-refractivity contribution in [1.29, 1.82) is 0 Å². The Morgan fingerprint density at radius 1 is 0.426 bits per heavy atom. The molecule has 0 spiro atoms. The highest BCUT2D eigenvalue weighted by atomic mass is 16.5. The Balaban J connectivity index is 1.03. The van der Waals surface area contributed by atoms with Gasteiger partial charge in [-0.05, 0) is 126 Å². The molecule has 5 heteroatoms. The average Bonchev–Trinajstić information content (AvgIpc) is 3.64. The van der Waals surface area contributed by atoms with Crippen molar-refractivity contribution in [2.24, 2.45) is 0 Å². The van der Waals surface area contributed by atoms with Gasteiger partial charge in [0.25, 0.3) is 6.71 Å². The Bertz CT molecular complexity index is 3300. The predicted octanol–water partition coefficient (Wildman–Crippen LogP) is 12.9. The van der Waals surface area contributed by atoms with Gasteiger partial charge in [-0.15, -0.1) is 0 Å². The minimum absolute atomic E-state index is 0.0136. The van der Waals surface area contributed by atoms with Gasteiger partial charge in [-0.25, -0.2) is 0 Å². The SMILES string of the molecule is Cc1ccc(N2c3ccc(C)cc3B3c4ccc(N(c5ccc(-c6ccccc6)cc5)c5ccc6c(c5)c5ccccc5n6-c5ccccc5)cc4Oc4cccc2c43)cc1. The standard InChI is InChI=1S/C56H40BN3O/c1-37-20-25-43(26-21-37)60-52-32-22-38(2)34-49(52)57-48-31-29-45(36-55(48)61-54-19-11-18-53(60)56(54)57)58(42-27-23-40(24-28-42)39-12-5-3-6-13-39)44-30-33-51-47(35-44)46-16-9-10-17-50(46)59(51)41-14-7-4-8-15-41/h3-36H,1-2H3. The third kappa shape index (κ3) is 5.69. The Kier molecular flexibility index (Phi) is 8.04. The Hall–Kier alpha value is -7.76. The van der Waals surface area contributed by atoms with E-state index in [1.54, 1.807) is 0 Å². The van der Waals surface area contributed by atoms with Gasteiger partial charge in [-0.2, -0.15) is 0 Å². The molecule has 288 valence electrons. The molecule has 2 aliphatic heterocycles. The zero-order valence-electron chi connectivity index (χ0n) is 34.0. The molecular weight excluding hydrogens is 741 g/mol. The number of benzene rings is 9. The molecule has 61 heavy (non-hydrogen) atoms. The van der Waals surface area contributed by atoms with E-state index in [0.717, 1.165) is 45.6 Å². The molecule has 4 nitrogen and oxygen atoms in total. The van der Waals surface area contributed by atoms with Gasteiger partial charge in [-0.1, -0.05) is 126 Å². The molecule has 2 aliphatic rings. The third-order valence-corrected chi connectivity index (χ3v) is 12.5. The van der Waals surface area contributed by atoms with Crippen molar-refractivity contribution in [3.8, 4) is 28.3 Å². The van der Waals surface area contributed by atoms with E-state index in [1.807, 2.05) is 0 Å². The summed E-state index contributed by atoms with van der Waals surface area (Å²) in [5.74, 6) is 1.77. The lowest BCUT2D eigenvalue weighted by atomic mass is 9.34. The fourth-order valence-electron chi connectivity index (χ4n) is 9.74. The maximum absolute atomic E-state index is 7.04. The van der Waals surface area contributed by atoms with Gasteiger partial charge in [0, 0.05) is 56.7 Å². The van der Waals surface area contributed by atoms with Gasteiger partial charge in [0.15, 0.2) is 0 Å². The number of hydrogen-bond donors (Lipinski definition) is 0. The van der Waals surface area contributed by atoms with Crippen LogP contribution in [-0.2, 0) is 0 Å². The second kappa shape index (κ2) is 13.9. The number of rotatable bonds is 6. The average molecular weight is 782 g/mol. The number of nitrogens with zero attached hydrogens (tertiary/aromatic N) is 3. The van der Waals surface area contributed by atoms with E-state index in [9.17, 15) is 0 Å². The zero-order chi connectivity index (χ0) is 40.6. The van der Waals surface area contributed by atoms with Crippen LogP contribution in [0.3, 0.4) is 0 Å². The molecule has 0 unspecified atom stereocenters. The molecule has 0 amide bonds. The summed E-state index contributed by atoms with van der Waals surface area (Å²) in [5, 5.41) is 2.42. The minimum Gasteiger partial charge on any atom is -0.458 e. The lowest BCUT2D eigenvalue weighted by molar-refractivity contribution is 0.487. The Morgan fingerprint density at radius 2 is 1.10 bits per heavy atom. The van der Waals surface area contributed by atoms with Crippen molar-refractivity contribution in [1.82, 2.24) is 4.57 Å². The first-order chi connectivity index (χ1) is 30.1. The quantitative estimate of drug-likeness (QED) is 0.157. The van der Waals surface area contributed by atoms with Crippen LogP contribution in [0, 0.1) is 13.8 Å². The van der Waals surface area contributed by atoms with Crippen LogP contribution >= 0.6 is 0 Å². The van der Waals surface area contributed by atoms with Crippen molar-refractivity contribution >= 4 is 79.0 Å². The monoisotopic (exact) mass is 781 g/mol. The normalized spacial score (nSPS) is 12.5. The molecule has 0 fully saturated rings. The highest BCUT2D eigenvalue weighted by molar-refractivity contribution is 6.99. The second-order valence-corrected chi connectivity index (χ2v) is 16.3. The lowest BCUT2D eigenvalue weighted by Crippen LogP contribution is -2.59. The molecule has 0 atom stereocenters. The van der Waals surface area contributed by atoms with E-state index in [0.29, 0.717) is 0 Å². The number of ether oxygens (including phenoxy) is 1. The summed E-state index contributed by atoms with van der Waals surface area (Å²) >= 11 is 0. The van der Waals surface area contributed by atoms with Crippen LogP contribution < -0.4 is 30.9 Å². The smallest absolute Gasteiger partial charge is 0.256 e. The van der Waals surface area contributed by atoms with E-state index in [4.69, 9.17) is 4.74 Å². The topological polar surface area (TPSA) is 20.6 Å². The number of fused-ring (bicyclic) bond motifs is 7. The summed E-state index contributed by atoms with van der Waals surface area (Å²) < 4.78 is 9.41. The van der Waals surface area contributed by atoms with Gasteiger partial charge >= 0.3 is 0 Å². The lowest BCUT2D eigenvalue weighted by Gasteiger charge is -2.40. The fraction of sp³-hybridized carbons (Fsp3) is 0.0357. The van der Waals surface area contributed by atoms with Crippen molar-refractivity contribution in [2.75, 3.05) is 9.80 Å². The van der Waals surface area contributed by atoms with Crippen LogP contribution in [0.5, 0.6) is 11.5 Å². The van der Waals surface area contributed by atoms with E-state index in [1.165, 1.54) is 66.1 Å². The molecule has 0 aliphatic carbocycles. The van der Waals surface area contributed by atoms with E-state index < -0.39 is 0 Å². The zero-order valence-corrected chi connectivity index (χ0v) is 34.0. The first-order valence-corrected chi connectivity index (χ1v) is 21.0. The summed E-state index contributed by atoms with van der Waals surface area (Å²) in [4.78, 5) is 4.77. The first-order valence-electron chi connectivity index (χ1n) is 21.0. The minimum atomic E-state index is 0.0136. The van der Waals surface area contributed by atoms with E-state index in [-0.39, 0.29) is 6.71 Å². The second-order valence-electron chi connectivity index (χ2n) is 16.3. The van der Waals surface area contributed by atoms with Gasteiger partial charge in [0.2, 0.25) is 0 Å². The van der Waals surface area contributed by atoms with Crippen LogP contribution in [0.1, 0.15) is 11.1 Å². The van der Waals surface area contributed by atoms with Crippen LogP contribution in [0.2, 0.25) is 0 Å². The summed E-state index contributed by atoms with van der Waals surface area (Å²) in [5.41, 5.74) is 18.7. The molecule has 3 heterocycles. The fourth-order valence-corrected chi connectivity index (χ4v) is 9.74. The summed E-state index contributed by atoms with van der Waals surface area (Å²) in [7, 11) is 0. The summed E-state index contributed by atoms with van der Waals surface area (Å²) in [6.45, 7) is 4.34. The number of aryl methyl sites for hydroxylation is 2. The third-order valence-electron chi connectivity index (χ3n) is 12.5. The van der Waals surface area contributed by atoms with Crippen molar-refractivity contribution in [3.05, 3.63) is 217 Å². The van der Waals surface area contributed by atoms with Gasteiger partial charge < -0.3 is 19.1 Å². The van der Waals surface area contributed by atoms with Crippen LogP contribution in [0.15, 0.2) is 206 Å². The largest absolute Gasteiger partial charge is 0.458 e. The number of hydrogen-bond acceptors (Lipinski definition) is 3. The molecule has 0 bridgehead atoms. The molecule has 9 aromatic carbocycles. The van der Waals surface area contributed by atoms with Crippen molar-refractivity contribution in [2.45, 2.75) is 13.8 Å². The van der Waals surface area contributed by atoms with Crippen LogP contribution in [-0.4, -0.2) is 11.3 Å². The van der Waals surface area contributed by atoms with Crippen LogP contribution in [0.25, 0.3) is 38.6 Å². The summed E-state index contributed by atoms with van der Waals surface area (Å²) in [6, 6.07) is 74.8. The van der Waals surface area contributed by atoms with E-state index >= 15 is 0 Å². The van der Waals surface area contributed by atoms with Crippen molar-refractivity contribution < 1.29 is 4.74 Å². The first kappa shape index (κ1) is 35.2. The van der Waals surface area contributed by atoms with Crippen molar-refractivity contribution in [3.63, 3.8) is 0 Å². The summed E-state index contributed by atoms with van der Waals surface area (Å²) in [6.07, 6.45) is 0. The molecule has 10 aromatic rings. The molecule has 0 saturated carbocycles. The number of anilines is 6. The number of para-hydroxylation sites is 2. The molecule has 0 radical (unpaired) electrons. The van der Waals surface area contributed by atoms with Crippen LogP contribution in [0.4, 0.5) is 34.1 Å². The predicted molar refractivity (Wildman–Crippen MR) is 256 cm³/mol. The highest BCUT2D eigenvalue weighted by Crippen LogP contribution is 2.44. The molecule has 1 aromatic heterocycles. The maximum Gasteiger partial charge on any atom is 0.256 e. The van der Waals surface area contributed by atoms with Gasteiger partial charge in [0.05, 0.1) is 11.0 Å². The maximum atomic E-state index is 7.04. The molecule has 0 saturated heterocycles. The molecular formula is C56H40BN3O. The highest BCUT2D eigenvalue weighted by Gasteiger charge is 2.42. The Morgan fingerprint density at radius 3 is 1.92 bits per heavy atom. The Labute approximate surface area is 356 Å². The van der Waals surface area contributed by atoms with E-state index in [2.05, 4.69) is 234 Å². The molecule has 0 N–H and O–H groups in total. The van der Waals surface area contributed by atoms with Gasteiger partial charge in [0.1, 0.15) is 11.5 Å².